The average molecular weight is 311 g/mol. The summed E-state index contributed by atoms with van der Waals surface area (Å²) in [5, 5.41) is 0.0226. The molecule has 2 aromatic carbocycles. The maximum absolute atomic E-state index is 12.0. The van der Waals surface area contributed by atoms with E-state index in [0.29, 0.717) is 5.70 Å². The second-order valence-corrected chi connectivity index (χ2v) is 6.67. The number of hydrogen-bond acceptors (Lipinski definition) is 4. The Bertz CT molecular complexity index is 693. The summed E-state index contributed by atoms with van der Waals surface area (Å²) in [5.41, 5.74) is 2.76. The fourth-order valence-electron chi connectivity index (χ4n) is 1.88. The number of benzene rings is 2. The maximum Gasteiger partial charge on any atom is 0.244 e. The average Bonchev–Trinajstić information content (AvgIpc) is 2.87. The van der Waals surface area contributed by atoms with Crippen molar-refractivity contribution < 1.29 is 4.79 Å². The molecular formula is C17H13NOS2. The molecule has 0 N–H and O–H groups in total. The van der Waals surface area contributed by atoms with Crippen molar-refractivity contribution in [3.05, 3.63) is 77.5 Å². The molecule has 1 aliphatic rings. The van der Waals surface area contributed by atoms with E-state index < -0.39 is 0 Å². The number of rotatable bonds is 3. The van der Waals surface area contributed by atoms with E-state index in [1.807, 2.05) is 54.6 Å². The summed E-state index contributed by atoms with van der Waals surface area (Å²) in [6, 6.07) is 20.0. The van der Waals surface area contributed by atoms with Crippen molar-refractivity contribution in [2.45, 2.75) is 5.75 Å². The van der Waals surface area contributed by atoms with Gasteiger partial charge in [-0.05, 0) is 29.0 Å². The normalized spacial score (nSPS) is 16.3. The van der Waals surface area contributed by atoms with Crippen molar-refractivity contribution in [2.75, 3.05) is 0 Å². The van der Waals surface area contributed by atoms with Gasteiger partial charge in [0.15, 0.2) is 0 Å². The van der Waals surface area contributed by atoms with Crippen LogP contribution in [0.3, 0.4) is 0 Å². The van der Waals surface area contributed by atoms with E-state index in [0.717, 1.165) is 15.7 Å². The molecule has 0 saturated heterocycles. The van der Waals surface area contributed by atoms with Crippen LogP contribution in [-0.4, -0.2) is 9.49 Å². The van der Waals surface area contributed by atoms with E-state index in [9.17, 15) is 4.79 Å². The molecule has 0 spiro atoms. The summed E-state index contributed by atoms with van der Waals surface area (Å²) in [6.45, 7) is 0. The SMILES string of the molecule is O=C1SC(SCc2ccccc2)=N/C1=C\c1ccccc1. The van der Waals surface area contributed by atoms with Gasteiger partial charge in [0, 0.05) is 5.75 Å². The Morgan fingerprint density at radius 3 is 2.38 bits per heavy atom. The largest absolute Gasteiger partial charge is 0.279 e. The first-order valence-electron chi connectivity index (χ1n) is 6.55. The maximum atomic E-state index is 12.0. The third-order valence-electron chi connectivity index (χ3n) is 2.91. The van der Waals surface area contributed by atoms with Crippen molar-refractivity contribution >= 4 is 39.1 Å². The first kappa shape index (κ1) is 14.2. The predicted molar refractivity (Wildman–Crippen MR) is 92.2 cm³/mol. The molecule has 0 saturated carbocycles. The highest BCUT2D eigenvalue weighted by molar-refractivity contribution is 8.45. The van der Waals surface area contributed by atoms with E-state index in [1.54, 1.807) is 11.8 Å². The lowest BCUT2D eigenvalue weighted by Gasteiger charge is -1.98. The number of hydrogen-bond donors (Lipinski definition) is 0. The minimum absolute atomic E-state index is 0.0226. The van der Waals surface area contributed by atoms with Crippen LogP contribution in [0.2, 0.25) is 0 Å². The lowest BCUT2D eigenvalue weighted by Crippen LogP contribution is -1.88. The van der Waals surface area contributed by atoms with Crippen LogP contribution >= 0.6 is 23.5 Å². The highest BCUT2D eigenvalue weighted by atomic mass is 32.2. The molecule has 1 aliphatic heterocycles. The van der Waals surface area contributed by atoms with E-state index in [-0.39, 0.29) is 5.12 Å². The van der Waals surface area contributed by atoms with Crippen LogP contribution in [0.5, 0.6) is 0 Å². The van der Waals surface area contributed by atoms with Crippen LogP contribution in [0.25, 0.3) is 6.08 Å². The molecule has 0 fully saturated rings. The Balaban J connectivity index is 1.69. The fraction of sp³-hybridized carbons (Fsp3) is 0.0588. The van der Waals surface area contributed by atoms with Crippen molar-refractivity contribution in [1.29, 1.82) is 0 Å². The summed E-state index contributed by atoms with van der Waals surface area (Å²) >= 11 is 2.82. The zero-order valence-corrected chi connectivity index (χ0v) is 12.9. The van der Waals surface area contributed by atoms with Gasteiger partial charge in [-0.15, -0.1) is 0 Å². The molecule has 0 atom stereocenters. The molecule has 1 heterocycles. The minimum Gasteiger partial charge on any atom is -0.279 e. The molecular weight excluding hydrogens is 298 g/mol. The first-order valence-corrected chi connectivity index (χ1v) is 8.36. The third kappa shape index (κ3) is 3.86. The Kier molecular flexibility index (Phi) is 4.58. The van der Waals surface area contributed by atoms with Crippen LogP contribution in [0, 0.1) is 0 Å². The van der Waals surface area contributed by atoms with Gasteiger partial charge in [0.2, 0.25) is 5.12 Å². The third-order valence-corrected chi connectivity index (χ3v) is 4.99. The lowest BCUT2D eigenvalue weighted by atomic mass is 10.2. The van der Waals surface area contributed by atoms with Crippen molar-refractivity contribution in [3.63, 3.8) is 0 Å². The Morgan fingerprint density at radius 1 is 1.00 bits per heavy atom. The van der Waals surface area contributed by atoms with Gasteiger partial charge < -0.3 is 0 Å². The fourth-order valence-corrected chi connectivity index (χ4v) is 3.67. The smallest absolute Gasteiger partial charge is 0.244 e. The Hall–Kier alpha value is -1.78. The number of carbonyl (C=O) groups excluding carboxylic acids is 1. The predicted octanol–water partition coefficient (Wildman–Crippen LogP) is 4.59. The van der Waals surface area contributed by atoms with Gasteiger partial charge in [-0.3, -0.25) is 4.79 Å². The molecule has 3 rings (SSSR count). The molecule has 2 nitrogen and oxygen atoms in total. The summed E-state index contributed by atoms with van der Waals surface area (Å²) < 4.78 is 0.825. The molecule has 0 amide bonds. The second-order valence-electron chi connectivity index (χ2n) is 4.48. The zero-order valence-electron chi connectivity index (χ0n) is 11.2. The topological polar surface area (TPSA) is 29.4 Å². The van der Waals surface area contributed by atoms with Gasteiger partial charge in [-0.1, -0.05) is 72.4 Å². The van der Waals surface area contributed by atoms with Crippen molar-refractivity contribution in [2.24, 2.45) is 4.99 Å². The molecule has 21 heavy (non-hydrogen) atoms. The van der Waals surface area contributed by atoms with Crippen molar-refractivity contribution in [3.8, 4) is 0 Å². The van der Waals surface area contributed by atoms with Gasteiger partial charge in [-0.2, -0.15) is 0 Å². The Morgan fingerprint density at radius 2 is 1.67 bits per heavy atom. The van der Waals surface area contributed by atoms with Crippen LogP contribution in [-0.2, 0) is 10.5 Å². The highest BCUT2D eigenvalue weighted by Gasteiger charge is 2.22. The van der Waals surface area contributed by atoms with Gasteiger partial charge in [0.25, 0.3) is 0 Å². The number of aliphatic imine (C=N–C) groups is 1. The molecule has 104 valence electrons. The van der Waals surface area contributed by atoms with Crippen molar-refractivity contribution in [1.82, 2.24) is 0 Å². The highest BCUT2D eigenvalue weighted by Crippen LogP contribution is 2.32. The van der Waals surface area contributed by atoms with Crippen LogP contribution in [0.15, 0.2) is 71.4 Å². The number of thioether (sulfide) groups is 2. The molecule has 0 aromatic heterocycles. The molecule has 2 aromatic rings. The summed E-state index contributed by atoms with van der Waals surface area (Å²) in [6.07, 6.45) is 1.84. The zero-order chi connectivity index (χ0) is 14.5. The standard InChI is InChI=1S/C17H13NOS2/c19-16-15(11-13-7-3-1-4-8-13)18-17(21-16)20-12-14-9-5-2-6-10-14/h1-11H,12H2/b15-11-. The van der Waals surface area contributed by atoms with Crippen LogP contribution in [0.1, 0.15) is 11.1 Å². The Labute approximate surface area is 132 Å². The van der Waals surface area contributed by atoms with E-state index in [1.165, 1.54) is 17.3 Å². The van der Waals surface area contributed by atoms with Gasteiger partial charge >= 0.3 is 0 Å². The van der Waals surface area contributed by atoms with E-state index >= 15 is 0 Å². The summed E-state index contributed by atoms with van der Waals surface area (Å²) in [4.78, 5) is 16.4. The molecule has 0 bridgehead atoms. The van der Waals surface area contributed by atoms with Gasteiger partial charge in [0.1, 0.15) is 10.1 Å². The summed E-state index contributed by atoms with van der Waals surface area (Å²) in [5.74, 6) is 0.832. The van der Waals surface area contributed by atoms with E-state index in [4.69, 9.17) is 0 Å². The van der Waals surface area contributed by atoms with Crippen LogP contribution < -0.4 is 0 Å². The number of carbonyl (C=O) groups is 1. The summed E-state index contributed by atoms with van der Waals surface area (Å²) in [7, 11) is 0. The molecule has 4 heteroatoms. The number of nitrogens with zero attached hydrogens (tertiary/aromatic N) is 1. The van der Waals surface area contributed by atoms with Gasteiger partial charge in [0.05, 0.1) is 0 Å². The second kappa shape index (κ2) is 6.78. The molecule has 0 aliphatic carbocycles. The minimum atomic E-state index is 0.0226. The molecule has 0 radical (unpaired) electrons. The van der Waals surface area contributed by atoms with E-state index in [2.05, 4.69) is 17.1 Å². The lowest BCUT2D eigenvalue weighted by molar-refractivity contribution is -0.107. The quantitative estimate of drug-likeness (QED) is 0.776. The van der Waals surface area contributed by atoms with Crippen LogP contribution in [0.4, 0.5) is 0 Å². The van der Waals surface area contributed by atoms with Gasteiger partial charge in [-0.25, -0.2) is 4.99 Å². The monoisotopic (exact) mass is 311 g/mol. The molecule has 0 unspecified atom stereocenters. The first-order chi connectivity index (χ1) is 10.3.